The van der Waals surface area contributed by atoms with Gasteiger partial charge in [0, 0.05) is 11.5 Å². The van der Waals surface area contributed by atoms with Crippen molar-refractivity contribution < 1.29 is 14.2 Å². The predicted molar refractivity (Wildman–Crippen MR) is 87.9 cm³/mol. The fourth-order valence-corrected chi connectivity index (χ4v) is 4.25. The maximum Gasteiger partial charge on any atom is 0.203 e. The van der Waals surface area contributed by atoms with Crippen LogP contribution in [-0.2, 0) is 0 Å². The summed E-state index contributed by atoms with van der Waals surface area (Å²) in [6.45, 7) is 0.626. The van der Waals surface area contributed by atoms with Crippen LogP contribution in [-0.4, -0.2) is 39.4 Å². The second-order valence-electron chi connectivity index (χ2n) is 5.22. The highest BCUT2D eigenvalue weighted by Crippen LogP contribution is 2.45. The van der Waals surface area contributed by atoms with Gasteiger partial charge in [-0.2, -0.15) is 11.8 Å². The molecule has 21 heavy (non-hydrogen) atoms. The summed E-state index contributed by atoms with van der Waals surface area (Å²) in [5.41, 5.74) is 7.22. The van der Waals surface area contributed by atoms with Gasteiger partial charge in [-0.25, -0.2) is 0 Å². The number of benzene rings is 1. The van der Waals surface area contributed by atoms with Gasteiger partial charge < -0.3 is 19.9 Å². The Balaban J connectivity index is 2.40. The maximum atomic E-state index is 6.09. The molecule has 0 bridgehead atoms. The monoisotopic (exact) mass is 311 g/mol. The second kappa shape index (κ2) is 7.80. The molecule has 0 aliphatic carbocycles. The van der Waals surface area contributed by atoms with Crippen LogP contribution in [0.3, 0.4) is 0 Å². The van der Waals surface area contributed by atoms with E-state index in [0.29, 0.717) is 29.9 Å². The van der Waals surface area contributed by atoms with Crippen molar-refractivity contribution in [2.45, 2.75) is 18.8 Å². The highest BCUT2D eigenvalue weighted by Gasteiger charge is 2.28. The lowest BCUT2D eigenvalue weighted by Crippen LogP contribution is -2.25. The third-order valence-electron chi connectivity index (χ3n) is 4.22. The lowest BCUT2D eigenvalue weighted by atomic mass is 9.82. The summed E-state index contributed by atoms with van der Waals surface area (Å²) < 4.78 is 16.5. The Morgan fingerprint density at radius 3 is 2.29 bits per heavy atom. The van der Waals surface area contributed by atoms with Crippen LogP contribution in [0.15, 0.2) is 12.1 Å². The van der Waals surface area contributed by atoms with E-state index in [1.807, 2.05) is 17.8 Å². The molecule has 0 spiro atoms. The zero-order valence-corrected chi connectivity index (χ0v) is 13.9. The van der Waals surface area contributed by atoms with E-state index in [4.69, 9.17) is 19.9 Å². The molecule has 2 N–H and O–H groups in total. The minimum Gasteiger partial charge on any atom is -0.493 e. The van der Waals surface area contributed by atoms with Crippen molar-refractivity contribution in [2.75, 3.05) is 39.4 Å². The van der Waals surface area contributed by atoms with Gasteiger partial charge in [0.15, 0.2) is 11.5 Å². The van der Waals surface area contributed by atoms with Crippen molar-refractivity contribution in [3.63, 3.8) is 0 Å². The summed E-state index contributed by atoms with van der Waals surface area (Å²) in [5.74, 6) is 5.46. The Morgan fingerprint density at radius 1 is 1.10 bits per heavy atom. The van der Waals surface area contributed by atoms with E-state index in [2.05, 4.69) is 6.07 Å². The Bertz CT molecular complexity index is 461. The molecule has 1 aromatic carbocycles. The molecule has 1 saturated heterocycles. The van der Waals surface area contributed by atoms with E-state index in [0.717, 1.165) is 11.3 Å². The minimum absolute atomic E-state index is 0.306. The standard InChI is InChI=1S/C16H25NO3S/c1-18-14-5-4-12(15(19-2)16(14)20-3)13(10-17)11-6-8-21-9-7-11/h4-5,11,13H,6-10,17H2,1-3H3. The van der Waals surface area contributed by atoms with E-state index in [1.165, 1.54) is 24.3 Å². The van der Waals surface area contributed by atoms with Crippen LogP contribution in [0.2, 0.25) is 0 Å². The first-order chi connectivity index (χ1) is 10.3. The number of nitrogens with two attached hydrogens (primary N) is 1. The Labute approximate surface area is 131 Å². The molecule has 1 aliphatic heterocycles. The fourth-order valence-electron chi connectivity index (χ4n) is 3.11. The largest absolute Gasteiger partial charge is 0.493 e. The van der Waals surface area contributed by atoms with Crippen LogP contribution >= 0.6 is 11.8 Å². The van der Waals surface area contributed by atoms with Crippen LogP contribution in [0, 0.1) is 5.92 Å². The van der Waals surface area contributed by atoms with E-state index in [9.17, 15) is 0 Å². The van der Waals surface area contributed by atoms with Gasteiger partial charge in [-0.1, -0.05) is 6.07 Å². The van der Waals surface area contributed by atoms with E-state index >= 15 is 0 Å². The molecule has 1 heterocycles. The van der Waals surface area contributed by atoms with Crippen LogP contribution in [0.4, 0.5) is 0 Å². The lowest BCUT2D eigenvalue weighted by Gasteiger charge is -2.31. The Kier molecular flexibility index (Phi) is 6.06. The number of rotatable bonds is 6. The molecule has 0 radical (unpaired) electrons. The van der Waals surface area contributed by atoms with Gasteiger partial charge >= 0.3 is 0 Å². The van der Waals surface area contributed by atoms with E-state index < -0.39 is 0 Å². The van der Waals surface area contributed by atoms with Gasteiger partial charge in [-0.15, -0.1) is 0 Å². The molecular formula is C16H25NO3S. The average Bonchev–Trinajstić information content (AvgIpc) is 2.55. The SMILES string of the molecule is COc1ccc(C(CN)C2CCSCC2)c(OC)c1OC. The summed E-state index contributed by atoms with van der Waals surface area (Å²) in [4.78, 5) is 0. The highest BCUT2D eigenvalue weighted by atomic mass is 32.2. The summed E-state index contributed by atoms with van der Waals surface area (Å²) in [6, 6.07) is 4.01. The first-order valence-electron chi connectivity index (χ1n) is 7.33. The first kappa shape index (κ1) is 16.3. The highest BCUT2D eigenvalue weighted by molar-refractivity contribution is 7.99. The van der Waals surface area contributed by atoms with Gasteiger partial charge in [-0.05, 0) is 42.9 Å². The molecule has 1 unspecified atom stereocenters. The van der Waals surface area contributed by atoms with Crippen LogP contribution in [0.25, 0.3) is 0 Å². The Hall–Kier alpha value is -1.07. The zero-order chi connectivity index (χ0) is 15.2. The van der Waals surface area contributed by atoms with Crippen molar-refractivity contribution in [2.24, 2.45) is 11.7 Å². The maximum absolute atomic E-state index is 6.09. The molecule has 118 valence electrons. The molecule has 0 aromatic heterocycles. The zero-order valence-electron chi connectivity index (χ0n) is 13.1. The van der Waals surface area contributed by atoms with Crippen molar-refractivity contribution >= 4 is 11.8 Å². The third-order valence-corrected chi connectivity index (χ3v) is 5.27. The number of hydrogen-bond donors (Lipinski definition) is 1. The number of methoxy groups -OCH3 is 3. The molecule has 4 nitrogen and oxygen atoms in total. The molecule has 1 fully saturated rings. The van der Waals surface area contributed by atoms with Gasteiger partial charge in [0.05, 0.1) is 21.3 Å². The van der Waals surface area contributed by atoms with E-state index in [-0.39, 0.29) is 0 Å². The molecular weight excluding hydrogens is 286 g/mol. The molecule has 1 atom stereocenters. The lowest BCUT2D eigenvalue weighted by molar-refractivity contribution is 0.314. The van der Waals surface area contributed by atoms with Gasteiger partial charge in [-0.3, -0.25) is 0 Å². The van der Waals surface area contributed by atoms with Crippen molar-refractivity contribution in [1.29, 1.82) is 0 Å². The Morgan fingerprint density at radius 2 is 1.76 bits per heavy atom. The van der Waals surface area contributed by atoms with Gasteiger partial charge in [0.1, 0.15) is 0 Å². The van der Waals surface area contributed by atoms with Crippen LogP contribution in [0.5, 0.6) is 17.2 Å². The minimum atomic E-state index is 0.306. The van der Waals surface area contributed by atoms with Crippen LogP contribution < -0.4 is 19.9 Å². The van der Waals surface area contributed by atoms with E-state index in [1.54, 1.807) is 21.3 Å². The van der Waals surface area contributed by atoms with Crippen LogP contribution in [0.1, 0.15) is 24.3 Å². The number of thioether (sulfide) groups is 1. The normalized spacial score (nSPS) is 17.3. The van der Waals surface area contributed by atoms with Crippen molar-refractivity contribution in [1.82, 2.24) is 0 Å². The molecule has 0 saturated carbocycles. The van der Waals surface area contributed by atoms with Crippen molar-refractivity contribution in [3.05, 3.63) is 17.7 Å². The molecule has 1 aliphatic rings. The fraction of sp³-hybridized carbons (Fsp3) is 0.625. The number of ether oxygens (including phenoxy) is 3. The van der Waals surface area contributed by atoms with Gasteiger partial charge in [0.2, 0.25) is 5.75 Å². The van der Waals surface area contributed by atoms with Crippen molar-refractivity contribution in [3.8, 4) is 17.2 Å². The summed E-state index contributed by atoms with van der Waals surface area (Å²) in [6.07, 6.45) is 2.42. The smallest absolute Gasteiger partial charge is 0.203 e. The molecule has 5 heteroatoms. The summed E-state index contributed by atoms with van der Waals surface area (Å²) in [7, 11) is 4.94. The van der Waals surface area contributed by atoms with Gasteiger partial charge in [0.25, 0.3) is 0 Å². The number of hydrogen-bond acceptors (Lipinski definition) is 5. The third kappa shape index (κ3) is 3.40. The quantitative estimate of drug-likeness (QED) is 0.875. The summed E-state index contributed by atoms with van der Waals surface area (Å²) >= 11 is 2.03. The first-order valence-corrected chi connectivity index (χ1v) is 8.48. The molecule has 0 amide bonds. The summed E-state index contributed by atoms with van der Waals surface area (Å²) in [5, 5.41) is 0. The second-order valence-corrected chi connectivity index (χ2v) is 6.44. The predicted octanol–water partition coefficient (Wildman–Crippen LogP) is 2.90. The topological polar surface area (TPSA) is 53.7 Å². The molecule has 1 aromatic rings. The molecule has 2 rings (SSSR count). The average molecular weight is 311 g/mol.